The molecule has 0 aliphatic carbocycles. The molecule has 0 saturated carbocycles. The first kappa shape index (κ1) is 22.3. The third-order valence-corrected chi connectivity index (χ3v) is 5.72. The van der Waals surface area contributed by atoms with Crippen LogP contribution >= 0.6 is 0 Å². The van der Waals surface area contributed by atoms with Crippen molar-refractivity contribution in [2.45, 2.75) is 32.8 Å². The highest BCUT2D eigenvalue weighted by atomic mass is 16.6. The van der Waals surface area contributed by atoms with Crippen molar-refractivity contribution >= 4 is 28.5 Å². The topological polar surface area (TPSA) is 98.5 Å². The molecule has 3 aromatic heterocycles. The van der Waals surface area contributed by atoms with Gasteiger partial charge in [-0.05, 0) is 51.0 Å². The van der Waals surface area contributed by atoms with Crippen molar-refractivity contribution in [1.82, 2.24) is 29.6 Å². The van der Waals surface area contributed by atoms with E-state index in [1.807, 2.05) is 51.2 Å². The summed E-state index contributed by atoms with van der Waals surface area (Å²) in [5, 5.41) is 4.75. The van der Waals surface area contributed by atoms with Gasteiger partial charge in [-0.25, -0.2) is 14.5 Å². The van der Waals surface area contributed by atoms with Gasteiger partial charge in [-0.3, -0.25) is 4.98 Å². The molecule has 5 heterocycles. The molecule has 0 spiro atoms. The standard InChI is InChI=1S/C24H29N7O3/c1-24(2,3)34-23(32)30-10-6-17(7-11-30)18-8-12-31(28-18)22-26-19-5-4-9-25-20(19)21(27-22)29-13-15-33-16-14-29/h4-6,8-9,12H,7,10-11,13-16H2,1-3H3. The highest BCUT2D eigenvalue weighted by molar-refractivity contribution is 5.86. The third-order valence-electron chi connectivity index (χ3n) is 5.72. The van der Waals surface area contributed by atoms with Crippen molar-refractivity contribution in [1.29, 1.82) is 0 Å². The van der Waals surface area contributed by atoms with E-state index in [1.165, 1.54) is 0 Å². The second kappa shape index (κ2) is 9.02. The zero-order valence-electron chi connectivity index (χ0n) is 19.8. The van der Waals surface area contributed by atoms with Gasteiger partial charge in [-0.15, -0.1) is 0 Å². The molecule has 0 aromatic carbocycles. The molecule has 0 atom stereocenters. The number of ether oxygens (including phenoxy) is 2. The fourth-order valence-corrected chi connectivity index (χ4v) is 4.04. The zero-order valence-corrected chi connectivity index (χ0v) is 19.8. The Kier molecular flexibility index (Phi) is 5.91. The molecule has 178 valence electrons. The van der Waals surface area contributed by atoms with Crippen molar-refractivity contribution in [2.75, 3.05) is 44.3 Å². The van der Waals surface area contributed by atoms with E-state index in [1.54, 1.807) is 15.8 Å². The van der Waals surface area contributed by atoms with Gasteiger partial charge in [-0.1, -0.05) is 6.08 Å². The second-order valence-corrected chi connectivity index (χ2v) is 9.37. The lowest BCUT2D eigenvalue weighted by Gasteiger charge is -2.29. The molecule has 0 bridgehead atoms. The van der Waals surface area contributed by atoms with Crippen LogP contribution < -0.4 is 4.90 Å². The molecule has 10 heteroatoms. The van der Waals surface area contributed by atoms with Crippen molar-refractivity contribution < 1.29 is 14.3 Å². The number of anilines is 1. The fraction of sp³-hybridized carbons (Fsp3) is 0.458. The minimum absolute atomic E-state index is 0.290. The number of morpholine rings is 1. The average molecular weight is 464 g/mol. The van der Waals surface area contributed by atoms with Gasteiger partial charge < -0.3 is 19.3 Å². The van der Waals surface area contributed by atoms with Gasteiger partial charge in [0.15, 0.2) is 5.82 Å². The first-order valence-electron chi connectivity index (χ1n) is 11.6. The van der Waals surface area contributed by atoms with Gasteiger partial charge in [0.05, 0.1) is 24.4 Å². The number of carbonyl (C=O) groups is 1. The molecule has 0 radical (unpaired) electrons. The van der Waals surface area contributed by atoms with Crippen LogP contribution in [-0.4, -0.2) is 80.7 Å². The van der Waals surface area contributed by atoms with Crippen LogP contribution in [0, 0.1) is 0 Å². The second-order valence-electron chi connectivity index (χ2n) is 9.37. The van der Waals surface area contributed by atoms with Gasteiger partial charge in [0.2, 0.25) is 0 Å². The Morgan fingerprint density at radius 3 is 2.68 bits per heavy atom. The number of nitrogens with zero attached hydrogens (tertiary/aromatic N) is 7. The Morgan fingerprint density at radius 2 is 1.94 bits per heavy atom. The largest absolute Gasteiger partial charge is 0.444 e. The monoisotopic (exact) mass is 463 g/mol. The van der Waals surface area contributed by atoms with Crippen LogP contribution in [0.2, 0.25) is 0 Å². The predicted octanol–water partition coefficient (Wildman–Crippen LogP) is 3.07. The first-order chi connectivity index (χ1) is 16.4. The molecule has 10 nitrogen and oxygen atoms in total. The van der Waals surface area contributed by atoms with E-state index in [4.69, 9.17) is 24.5 Å². The average Bonchev–Trinajstić information content (AvgIpc) is 3.33. The molecule has 3 aromatic rings. The Morgan fingerprint density at radius 1 is 1.12 bits per heavy atom. The van der Waals surface area contributed by atoms with E-state index in [2.05, 4.69) is 9.88 Å². The number of hydrogen-bond acceptors (Lipinski definition) is 8. The van der Waals surface area contributed by atoms with Gasteiger partial charge in [0, 0.05) is 38.6 Å². The number of amides is 1. The number of pyridine rings is 1. The van der Waals surface area contributed by atoms with Gasteiger partial charge in [0.25, 0.3) is 5.95 Å². The summed E-state index contributed by atoms with van der Waals surface area (Å²) >= 11 is 0. The third kappa shape index (κ3) is 4.72. The predicted molar refractivity (Wildman–Crippen MR) is 128 cm³/mol. The highest BCUT2D eigenvalue weighted by Crippen LogP contribution is 2.26. The maximum Gasteiger partial charge on any atom is 0.410 e. The van der Waals surface area contributed by atoms with E-state index in [9.17, 15) is 4.79 Å². The number of rotatable bonds is 3. The van der Waals surface area contributed by atoms with Crippen LogP contribution in [0.4, 0.5) is 10.6 Å². The molecule has 2 aliphatic heterocycles. The lowest BCUT2D eigenvalue weighted by Crippen LogP contribution is -2.39. The molecule has 1 amide bonds. The zero-order chi connectivity index (χ0) is 23.7. The van der Waals surface area contributed by atoms with Crippen molar-refractivity contribution in [3.8, 4) is 5.95 Å². The summed E-state index contributed by atoms with van der Waals surface area (Å²) in [4.78, 5) is 30.3. The smallest absolute Gasteiger partial charge is 0.410 e. The lowest BCUT2D eigenvalue weighted by molar-refractivity contribution is 0.0270. The van der Waals surface area contributed by atoms with Crippen molar-refractivity contribution in [2.24, 2.45) is 0 Å². The lowest BCUT2D eigenvalue weighted by atomic mass is 10.1. The molecule has 2 aliphatic rings. The molecule has 1 fully saturated rings. The fourth-order valence-electron chi connectivity index (χ4n) is 4.04. The Hall–Kier alpha value is -3.53. The van der Waals surface area contributed by atoms with Crippen molar-refractivity contribution in [3.05, 3.63) is 42.4 Å². The summed E-state index contributed by atoms with van der Waals surface area (Å²) in [6.45, 7) is 9.54. The Balaban J connectivity index is 1.39. The van der Waals surface area contributed by atoms with Crippen LogP contribution in [-0.2, 0) is 9.47 Å². The summed E-state index contributed by atoms with van der Waals surface area (Å²) in [6, 6.07) is 5.77. The van der Waals surface area contributed by atoms with Gasteiger partial charge in [-0.2, -0.15) is 10.1 Å². The number of carbonyl (C=O) groups excluding carboxylic acids is 1. The summed E-state index contributed by atoms with van der Waals surface area (Å²) in [5.41, 5.74) is 2.99. The summed E-state index contributed by atoms with van der Waals surface area (Å²) in [7, 11) is 0. The van der Waals surface area contributed by atoms with E-state index < -0.39 is 5.60 Å². The van der Waals surface area contributed by atoms with Crippen LogP contribution in [0.1, 0.15) is 32.9 Å². The van der Waals surface area contributed by atoms with Crippen LogP contribution in [0.3, 0.4) is 0 Å². The summed E-state index contributed by atoms with van der Waals surface area (Å²) in [5.74, 6) is 1.30. The number of fused-ring (bicyclic) bond motifs is 1. The van der Waals surface area contributed by atoms with E-state index in [-0.39, 0.29) is 6.09 Å². The maximum atomic E-state index is 12.3. The van der Waals surface area contributed by atoms with Crippen molar-refractivity contribution in [3.63, 3.8) is 0 Å². The minimum atomic E-state index is -0.505. The summed E-state index contributed by atoms with van der Waals surface area (Å²) in [6.07, 6.45) is 6.08. The highest BCUT2D eigenvalue weighted by Gasteiger charge is 2.25. The molecule has 0 unspecified atom stereocenters. The normalized spacial score (nSPS) is 17.1. The molecule has 0 N–H and O–H groups in total. The number of aromatic nitrogens is 5. The van der Waals surface area contributed by atoms with Gasteiger partial charge in [0.1, 0.15) is 11.1 Å². The number of hydrogen-bond donors (Lipinski definition) is 0. The SMILES string of the molecule is CC(C)(C)OC(=O)N1CC=C(c2ccn(-c3nc(N4CCOCC4)c4ncccc4n3)n2)CC1. The first-order valence-corrected chi connectivity index (χ1v) is 11.6. The van der Waals surface area contributed by atoms with Crippen LogP contribution in [0.15, 0.2) is 36.7 Å². The minimum Gasteiger partial charge on any atom is -0.444 e. The maximum absolute atomic E-state index is 12.3. The molecule has 1 saturated heterocycles. The van der Waals surface area contributed by atoms with Gasteiger partial charge >= 0.3 is 6.09 Å². The van der Waals surface area contributed by atoms with Crippen LogP contribution in [0.5, 0.6) is 0 Å². The molecular formula is C24H29N7O3. The summed E-state index contributed by atoms with van der Waals surface area (Å²) < 4.78 is 12.7. The van der Waals surface area contributed by atoms with E-state index >= 15 is 0 Å². The molecule has 34 heavy (non-hydrogen) atoms. The quantitative estimate of drug-likeness (QED) is 0.585. The van der Waals surface area contributed by atoms with Crippen LogP contribution in [0.25, 0.3) is 22.6 Å². The van der Waals surface area contributed by atoms with E-state index in [0.29, 0.717) is 38.7 Å². The Labute approximate surface area is 198 Å². The Bertz CT molecular complexity index is 1220. The molecule has 5 rings (SSSR count). The molecular weight excluding hydrogens is 434 g/mol. The van der Waals surface area contributed by atoms with E-state index in [0.717, 1.165) is 41.2 Å².